The number of para-hydroxylation sites is 1. The maximum absolute atomic E-state index is 5.68. The molecule has 2 heteroatoms. The van der Waals surface area contributed by atoms with Crippen LogP contribution >= 0.6 is 0 Å². The summed E-state index contributed by atoms with van der Waals surface area (Å²) < 4.78 is 7.62. The van der Waals surface area contributed by atoms with Crippen molar-refractivity contribution in [3.05, 3.63) is 67.2 Å². The highest BCUT2D eigenvalue weighted by Gasteiger charge is 2.16. The fourth-order valence-electron chi connectivity index (χ4n) is 1.32. The Hall–Kier alpha value is -1.83. The van der Waals surface area contributed by atoms with E-state index >= 15 is 0 Å². The lowest BCUT2D eigenvalue weighted by molar-refractivity contribution is -0.680. The second kappa shape index (κ2) is 4.60. The summed E-state index contributed by atoms with van der Waals surface area (Å²) in [6.07, 6.45) is 4.75. The predicted molar refractivity (Wildman–Crippen MR) is 58.0 cm³/mol. The molecule has 0 atom stereocenters. The van der Waals surface area contributed by atoms with Gasteiger partial charge in [0.05, 0.1) is 6.92 Å². The van der Waals surface area contributed by atoms with Gasteiger partial charge in [-0.2, -0.15) is 4.57 Å². The zero-order chi connectivity index (χ0) is 10.5. The van der Waals surface area contributed by atoms with Crippen LogP contribution in [-0.2, 0) is 0 Å². The Bertz CT molecular complexity index is 399. The molecule has 1 aromatic heterocycles. The Morgan fingerprint density at radius 1 is 0.933 bits per heavy atom. The van der Waals surface area contributed by atoms with Crippen molar-refractivity contribution in [1.82, 2.24) is 0 Å². The third kappa shape index (κ3) is 2.56. The number of nitrogens with zero attached hydrogens (tertiary/aromatic N) is 1. The summed E-state index contributed by atoms with van der Waals surface area (Å²) in [5.41, 5.74) is 0. The molecule has 0 aliphatic heterocycles. The van der Waals surface area contributed by atoms with Crippen LogP contribution in [0, 0.1) is 6.23 Å². The topological polar surface area (TPSA) is 13.1 Å². The van der Waals surface area contributed by atoms with Crippen molar-refractivity contribution in [3.8, 4) is 5.75 Å². The molecule has 1 aromatic carbocycles. The van der Waals surface area contributed by atoms with E-state index in [0.29, 0.717) is 0 Å². The minimum atomic E-state index is 0.835. The van der Waals surface area contributed by atoms with Gasteiger partial charge >= 0.3 is 6.23 Å². The molecular formula is C13H13NO+. The Kier molecular flexibility index (Phi) is 2.98. The fourth-order valence-corrected chi connectivity index (χ4v) is 1.32. The second-order valence-corrected chi connectivity index (χ2v) is 3.22. The van der Waals surface area contributed by atoms with Gasteiger partial charge in [0.25, 0.3) is 0 Å². The van der Waals surface area contributed by atoms with Crippen molar-refractivity contribution in [2.75, 3.05) is 0 Å². The normalized spacial score (nSPS) is 10.3. The molecule has 0 aliphatic carbocycles. The van der Waals surface area contributed by atoms with E-state index in [0.717, 1.165) is 12.0 Å². The molecule has 0 unspecified atom stereocenters. The first-order valence-corrected chi connectivity index (χ1v) is 4.89. The Balaban J connectivity index is 2.08. The largest absolute Gasteiger partial charge is 0.423 e. The van der Waals surface area contributed by atoms with E-state index in [1.54, 1.807) is 0 Å². The summed E-state index contributed by atoms with van der Waals surface area (Å²) in [6, 6.07) is 15.7. The number of aromatic nitrogens is 1. The van der Waals surface area contributed by atoms with Gasteiger partial charge in [-0.15, -0.1) is 0 Å². The molecule has 0 N–H and O–H groups in total. The molecule has 0 fully saturated rings. The van der Waals surface area contributed by atoms with Gasteiger partial charge in [-0.3, -0.25) is 0 Å². The lowest BCUT2D eigenvalue weighted by Crippen LogP contribution is -2.40. The van der Waals surface area contributed by atoms with Crippen LogP contribution in [0.1, 0.15) is 6.92 Å². The number of ether oxygens (including phenoxy) is 1. The van der Waals surface area contributed by atoms with Crippen LogP contribution in [0.4, 0.5) is 0 Å². The molecular weight excluding hydrogens is 186 g/mol. The van der Waals surface area contributed by atoms with E-state index in [-0.39, 0.29) is 0 Å². The van der Waals surface area contributed by atoms with Crippen LogP contribution < -0.4 is 9.30 Å². The fraction of sp³-hybridized carbons (Fsp3) is 0.0769. The van der Waals surface area contributed by atoms with Crippen molar-refractivity contribution in [3.63, 3.8) is 0 Å². The predicted octanol–water partition coefficient (Wildman–Crippen LogP) is 2.41. The second-order valence-electron chi connectivity index (χ2n) is 3.22. The van der Waals surface area contributed by atoms with Crippen molar-refractivity contribution >= 4 is 0 Å². The Morgan fingerprint density at radius 3 is 2.20 bits per heavy atom. The first-order valence-electron chi connectivity index (χ1n) is 4.89. The quantitative estimate of drug-likeness (QED) is 0.692. The highest BCUT2D eigenvalue weighted by Crippen LogP contribution is 2.11. The van der Waals surface area contributed by atoms with Gasteiger partial charge in [-0.1, -0.05) is 24.3 Å². The van der Waals surface area contributed by atoms with Crippen LogP contribution in [0.2, 0.25) is 0 Å². The summed E-state index contributed by atoms with van der Waals surface area (Å²) >= 11 is 0. The SMILES string of the molecule is C[C](Oc1ccccc1)[n+]1ccccc1. The molecule has 2 aromatic rings. The molecule has 75 valence electrons. The van der Waals surface area contributed by atoms with Crippen LogP contribution in [0.3, 0.4) is 0 Å². The number of hydrogen-bond donors (Lipinski definition) is 0. The van der Waals surface area contributed by atoms with Gasteiger partial charge in [0.1, 0.15) is 5.75 Å². The monoisotopic (exact) mass is 199 g/mol. The first-order chi connectivity index (χ1) is 7.36. The average Bonchev–Trinajstić information content (AvgIpc) is 2.31. The molecule has 1 radical (unpaired) electrons. The van der Waals surface area contributed by atoms with Gasteiger partial charge in [0.2, 0.25) is 0 Å². The molecule has 0 saturated carbocycles. The summed E-state index contributed by atoms with van der Waals surface area (Å²) in [5.74, 6) is 0.853. The third-order valence-electron chi connectivity index (χ3n) is 2.09. The summed E-state index contributed by atoms with van der Waals surface area (Å²) in [4.78, 5) is 0. The van der Waals surface area contributed by atoms with Crippen molar-refractivity contribution in [2.24, 2.45) is 0 Å². The third-order valence-corrected chi connectivity index (χ3v) is 2.09. The van der Waals surface area contributed by atoms with Crippen molar-refractivity contribution < 1.29 is 9.30 Å². The standard InChI is InChI=1S/C13H13NO/c1-12(14-10-6-3-7-11-14)15-13-8-4-2-5-9-13/h2-11H,1H3/q+1. The van der Waals surface area contributed by atoms with Crippen LogP contribution in [-0.4, -0.2) is 0 Å². The number of pyridine rings is 1. The molecule has 2 nitrogen and oxygen atoms in total. The molecule has 0 aliphatic rings. The summed E-state index contributed by atoms with van der Waals surface area (Å²) in [6.45, 7) is 1.94. The molecule has 15 heavy (non-hydrogen) atoms. The van der Waals surface area contributed by atoms with E-state index in [9.17, 15) is 0 Å². The molecule has 0 saturated heterocycles. The molecule has 2 rings (SSSR count). The molecule has 0 bridgehead atoms. The molecule has 0 spiro atoms. The van der Waals surface area contributed by atoms with E-state index in [4.69, 9.17) is 4.74 Å². The highest BCUT2D eigenvalue weighted by atomic mass is 16.5. The van der Waals surface area contributed by atoms with E-state index in [2.05, 4.69) is 0 Å². The Labute approximate surface area is 89.8 Å². The van der Waals surface area contributed by atoms with E-state index in [1.807, 2.05) is 72.4 Å². The zero-order valence-corrected chi connectivity index (χ0v) is 8.63. The number of hydrogen-bond acceptors (Lipinski definition) is 1. The smallest absolute Gasteiger partial charge is 0.414 e. The summed E-state index contributed by atoms with van der Waals surface area (Å²) in [7, 11) is 0. The minimum Gasteiger partial charge on any atom is -0.423 e. The van der Waals surface area contributed by atoms with E-state index < -0.39 is 0 Å². The average molecular weight is 199 g/mol. The van der Waals surface area contributed by atoms with Gasteiger partial charge in [0, 0.05) is 12.1 Å². The van der Waals surface area contributed by atoms with Gasteiger partial charge < -0.3 is 4.74 Å². The maximum Gasteiger partial charge on any atom is 0.414 e. The van der Waals surface area contributed by atoms with Crippen LogP contribution in [0.15, 0.2) is 60.9 Å². The highest BCUT2D eigenvalue weighted by molar-refractivity contribution is 5.21. The number of rotatable bonds is 3. The number of benzene rings is 1. The lowest BCUT2D eigenvalue weighted by atomic mass is 10.3. The van der Waals surface area contributed by atoms with Gasteiger partial charge in [0.15, 0.2) is 12.4 Å². The van der Waals surface area contributed by atoms with Gasteiger partial charge in [-0.05, 0) is 12.1 Å². The molecule has 1 heterocycles. The van der Waals surface area contributed by atoms with Gasteiger partial charge in [-0.25, -0.2) is 0 Å². The maximum atomic E-state index is 5.68. The lowest BCUT2D eigenvalue weighted by Gasteiger charge is -2.06. The Morgan fingerprint density at radius 2 is 1.53 bits per heavy atom. The van der Waals surface area contributed by atoms with Crippen molar-refractivity contribution in [1.29, 1.82) is 0 Å². The first kappa shape index (κ1) is 9.71. The summed E-state index contributed by atoms with van der Waals surface area (Å²) in [5, 5.41) is 0. The van der Waals surface area contributed by atoms with Crippen LogP contribution in [0.25, 0.3) is 0 Å². The van der Waals surface area contributed by atoms with Crippen LogP contribution in [0.5, 0.6) is 5.75 Å². The minimum absolute atomic E-state index is 0.835. The van der Waals surface area contributed by atoms with Crippen molar-refractivity contribution in [2.45, 2.75) is 6.92 Å². The zero-order valence-electron chi connectivity index (χ0n) is 8.63. The van der Waals surface area contributed by atoms with E-state index in [1.165, 1.54) is 0 Å². The molecule has 0 amide bonds.